The average molecular weight is 493 g/mol. The number of rotatable bonds is 24. The first kappa shape index (κ1) is 32.8. The summed E-state index contributed by atoms with van der Waals surface area (Å²) >= 11 is 0. The van der Waals surface area contributed by atoms with Gasteiger partial charge in [0, 0.05) is 0 Å². The molecule has 0 aromatic heterocycles. The molecule has 0 saturated carbocycles. The van der Waals surface area contributed by atoms with Crippen LogP contribution < -0.4 is 4.89 Å². The number of unbranched alkanes of at least 4 members (excludes halogenated alkanes) is 18. The van der Waals surface area contributed by atoms with Gasteiger partial charge in [0.15, 0.2) is 0 Å². The van der Waals surface area contributed by atoms with E-state index in [0.717, 1.165) is 25.7 Å². The molecule has 6 heteroatoms. The van der Waals surface area contributed by atoms with Crippen molar-refractivity contribution in [2.45, 2.75) is 142 Å². The van der Waals surface area contributed by atoms with Crippen LogP contribution in [-0.2, 0) is 30.4 Å². The Morgan fingerprint density at radius 2 is 0.733 bits per heavy atom. The van der Waals surface area contributed by atoms with E-state index in [-0.39, 0.29) is 30.0 Å². The summed E-state index contributed by atoms with van der Waals surface area (Å²) in [6.45, 7) is 5.00. The van der Waals surface area contributed by atoms with Crippen LogP contribution in [0.1, 0.15) is 142 Å². The molecule has 0 saturated heterocycles. The molecule has 0 aromatic rings. The molecule has 4 nitrogen and oxygen atoms in total. The molecule has 0 N–H and O–H groups in total. The summed E-state index contributed by atoms with van der Waals surface area (Å²) in [5.74, 6) is 0. The Bertz CT molecular complexity index is 339. The topological polar surface area (TPSA) is 58.6 Å². The van der Waals surface area contributed by atoms with E-state index in [1.807, 2.05) is 0 Å². The fourth-order valence-electron chi connectivity index (χ4n) is 3.57. The van der Waals surface area contributed by atoms with Crippen LogP contribution in [0.4, 0.5) is 0 Å². The van der Waals surface area contributed by atoms with E-state index >= 15 is 0 Å². The Morgan fingerprint density at radius 3 is 1.00 bits per heavy atom. The Morgan fingerprint density at radius 1 is 0.500 bits per heavy atom. The number of hydrogen-bond donors (Lipinski definition) is 0. The van der Waals surface area contributed by atoms with Gasteiger partial charge in [0.2, 0.25) is 0 Å². The predicted octanol–water partition coefficient (Wildman–Crippen LogP) is 8.33. The zero-order valence-corrected chi connectivity index (χ0v) is 21.9. The van der Waals surface area contributed by atoms with Gasteiger partial charge < -0.3 is 13.9 Å². The maximum atomic E-state index is 11.7. The minimum Gasteiger partial charge on any atom is -0.756 e. The molecule has 0 spiro atoms. The Kier molecular flexibility index (Phi) is 28.3. The quantitative estimate of drug-likeness (QED) is 0.100. The first-order valence-electron chi connectivity index (χ1n) is 12.7. The van der Waals surface area contributed by atoms with Crippen molar-refractivity contribution < 1.29 is 35.3 Å². The average Bonchev–Trinajstić information content (AvgIpc) is 2.70. The van der Waals surface area contributed by atoms with Gasteiger partial charge >= 0.3 is 16.8 Å². The third kappa shape index (κ3) is 26.7. The van der Waals surface area contributed by atoms with Gasteiger partial charge in [-0.1, -0.05) is 129 Å². The van der Waals surface area contributed by atoms with Gasteiger partial charge in [-0.25, -0.2) is 0 Å². The minimum absolute atomic E-state index is 0. The van der Waals surface area contributed by atoms with Gasteiger partial charge in [-0.05, 0) is 12.8 Å². The van der Waals surface area contributed by atoms with E-state index < -0.39 is 7.82 Å². The zero-order valence-electron chi connectivity index (χ0n) is 20.0. The molecule has 0 amide bonds. The maximum Gasteiger partial charge on any atom is 2.00 e. The molecule has 0 unspecified atom stereocenters. The largest absolute Gasteiger partial charge is 2.00 e. The summed E-state index contributed by atoms with van der Waals surface area (Å²) in [6.07, 6.45) is 24.5. The Balaban J connectivity index is 0. The van der Waals surface area contributed by atoms with Crippen molar-refractivity contribution in [1.29, 1.82) is 0 Å². The molecule has 0 aliphatic heterocycles. The molecule has 0 heterocycles. The van der Waals surface area contributed by atoms with Crippen molar-refractivity contribution in [3.05, 3.63) is 0 Å². The van der Waals surface area contributed by atoms with Gasteiger partial charge in [-0.2, -0.15) is 0 Å². The SMILES string of the molecule is CCCCCCCCCCCCOP(=O)([O-])OCCCCCCCCCCCC.[Co+2]. The van der Waals surface area contributed by atoms with Gasteiger partial charge in [0.25, 0.3) is 7.82 Å². The predicted molar refractivity (Wildman–Crippen MR) is 123 cm³/mol. The normalized spacial score (nSPS) is 11.6. The van der Waals surface area contributed by atoms with Gasteiger partial charge in [0.05, 0.1) is 13.2 Å². The molecular formula is C24H50CoO4P+. The van der Waals surface area contributed by atoms with E-state index in [1.54, 1.807) is 0 Å². The second-order valence-corrected chi connectivity index (χ2v) is 9.89. The first-order chi connectivity index (χ1) is 14.1. The third-order valence-electron chi connectivity index (χ3n) is 5.49. The number of hydrogen-bond acceptors (Lipinski definition) is 4. The van der Waals surface area contributed by atoms with Crippen LogP contribution in [0.3, 0.4) is 0 Å². The van der Waals surface area contributed by atoms with Crippen LogP contribution in [0.2, 0.25) is 0 Å². The van der Waals surface area contributed by atoms with E-state index in [0.29, 0.717) is 0 Å². The van der Waals surface area contributed by atoms with Crippen molar-refractivity contribution >= 4 is 7.82 Å². The summed E-state index contributed by atoms with van der Waals surface area (Å²) in [6, 6.07) is 0. The molecule has 0 rings (SSSR count). The first-order valence-corrected chi connectivity index (χ1v) is 14.2. The fraction of sp³-hybridized carbons (Fsp3) is 1.00. The van der Waals surface area contributed by atoms with E-state index in [4.69, 9.17) is 9.05 Å². The summed E-state index contributed by atoms with van der Waals surface area (Å²) < 4.78 is 21.7. The molecule has 0 atom stereocenters. The number of phosphoric ester groups is 1. The molecule has 0 bridgehead atoms. The molecule has 0 aliphatic rings. The van der Waals surface area contributed by atoms with Gasteiger partial charge in [0.1, 0.15) is 0 Å². The van der Waals surface area contributed by atoms with Gasteiger partial charge in [-0.3, -0.25) is 4.57 Å². The summed E-state index contributed by atoms with van der Waals surface area (Å²) in [5.41, 5.74) is 0. The minimum atomic E-state index is -4.10. The fourth-order valence-corrected chi connectivity index (χ4v) is 4.35. The summed E-state index contributed by atoms with van der Waals surface area (Å²) in [7, 11) is -4.10. The van der Waals surface area contributed by atoms with Crippen LogP contribution in [0.25, 0.3) is 0 Å². The molecule has 1 radical (unpaired) electrons. The van der Waals surface area contributed by atoms with E-state index in [2.05, 4.69) is 13.8 Å². The van der Waals surface area contributed by atoms with Crippen molar-refractivity contribution in [3.63, 3.8) is 0 Å². The maximum absolute atomic E-state index is 11.7. The Labute approximate surface area is 198 Å². The van der Waals surface area contributed by atoms with E-state index in [1.165, 1.54) is 103 Å². The Hall–Kier alpha value is 0.616. The second-order valence-electron chi connectivity index (χ2n) is 8.48. The third-order valence-corrected chi connectivity index (χ3v) is 6.49. The zero-order chi connectivity index (χ0) is 21.5. The van der Waals surface area contributed by atoms with Crippen molar-refractivity contribution in [2.24, 2.45) is 0 Å². The second kappa shape index (κ2) is 25.9. The standard InChI is InChI=1S/C24H51O4P.Co/c1-3-5-7-9-11-13-15-17-19-21-23-27-29(25,26)28-24-22-20-18-16-14-12-10-8-6-4-2;/h3-24H2,1-2H3,(H,25,26);/q;+2/p-1. The molecular weight excluding hydrogens is 442 g/mol. The van der Waals surface area contributed by atoms with Crippen molar-refractivity contribution in [3.8, 4) is 0 Å². The molecule has 0 aromatic carbocycles. The van der Waals surface area contributed by atoms with Crippen LogP contribution in [0.5, 0.6) is 0 Å². The molecule has 0 aliphatic carbocycles. The van der Waals surface area contributed by atoms with Crippen molar-refractivity contribution in [1.82, 2.24) is 0 Å². The van der Waals surface area contributed by atoms with E-state index in [9.17, 15) is 9.46 Å². The molecule has 183 valence electrons. The monoisotopic (exact) mass is 492 g/mol. The van der Waals surface area contributed by atoms with Crippen LogP contribution >= 0.6 is 7.82 Å². The smallest absolute Gasteiger partial charge is 0.756 e. The summed E-state index contributed by atoms with van der Waals surface area (Å²) in [5, 5.41) is 0. The van der Waals surface area contributed by atoms with Crippen molar-refractivity contribution in [2.75, 3.05) is 13.2 Å². The van der Waals surface area contributed by atoms with Crippen LogP contribution in [0.15, 0.2) is 0 Å². The molecule has 30 heavy (non-hydrogen) atoms. The van der Waals surface area contributed by atoms with Crippen LogP contribution in [-0.4, -0.2) is 13.2 Å². The van der Waals surface area contributed by atoms with Gasteiger partial charge in [-0.15, -0.1) is 0 Å². The van der Waals surface area contributed by atoms with Crippen LogP contribution in [0, 0.1) is 0 Å². The molecule has 0 fully saturated rings. The summed E-state index contributed by atoms with van der Waals surface area (Å²) in [4.78, 5) is 11.7. The number of phosphoric acid groups is 1.